The van der Waals surface area contributed by atoms with Crippen LogP contribution in [0.4, 0.5) is 13.2 Å². The zero-order valence-electron chi connectivity index (χ0n) is 28.9. The van der Waals surface area contributed by atoms with Crippen LogP contribution in [0.25, 0.3) is 10.9 Å². The molecule has 11 nitrogen and oxygen atoms in total. The molecule has 0 bridgehead atoms. The molecular weight excluding hydrogens is 748 g/mol. The molecule has 1 spiro atoms. The Morgan fingerprint density at radius 2 is 1.67 bits per heavy atom. The lowest BCUT2D eigenvalue weighted by Crippen LogP contribution is -2.67. The molecule has 0 aliphatic carbocycles. The zero-order chi connectivity index (χ0) is 37.9. The predicted octanol–water partition coefficient (Wildman–Crippen LogP) is 4.71. The van der Waals surface area contributed by atoms with E-state index in [2.05, 4.69) is 9.71 Å². The summed E-state index contributed by atoms with van der Waals surface area (Å²) in [6.07, 6.45) is -0.982. The number of piperidine rings is 1. The molecule has 3 fully saturated rings. The molecule has 1 N–H and O–H groups in total. The third-order valence-electron chi connectivity index (χ3n) is 10.0. The Bertz CT molecular complexity index is 1910. The summed E-state index contributed by atoms with van der Waals surface area (Å²) >= 11 is 13.3. The van der Waals surface area contributed by atoms with Crippen molar-refractivity contribution in [2.24, 2.45) is 0 Å². The molecule has 0 atom stereocenters. The van der Waals surface area contributed by atoms with E-state index in [1.807, 2.05) is 43.0 Å². The SMILES string of the molecule is Cc1cc(C)c2cccc(OCc3c(Cl)ccc(S(=O)(=O)NC4(C(=O)N5CC[N+]6(CCCCC6)CC5)CCOCC4)c3Cl)c2n1.O=C([O-])C(F)(F)F. The molecule has 2 aromatic carbocycles. The third kappa shape index (κ3) is 8.93. The maximum absolute atomic E-state index is 14.1. The van der Waals surface area contributed by atoms with Gasteiger partial charge in [0.1, 0.15) is 34.3 Å². The first-order valence-corrected chi connectivity index (χ1v) is 19.2. The van der Waals surface area contributed by atoms with E-state index in [0.29, 0.717) is 29.9 Å². The Morgan fingerprint density at radius 3 is 2.29 bits per heavy atom. The van der Waals surface area contributed by atoms with Crippen molar-refractivity contribution in [2.45, 2.75) is 69.2 Å². The van der Waals surface area contributed by atoms with Gasteiger partial charge in [-0.25, -0.2) is 13.4 Å². The predicted molar refractivity (Wildman–Crippen MR) is 186 cm³/mol. The van der Waals surface area contributed by atoms with Gasteiger partial charge in [-0.3, -0.25) is 4.79 Å². The van der Waals surface area contributed by atoms with Crippen LogP contribution < -0.4 is 14.6 Å². The highest BCUT2D eigenvalue weighted by atomic mass is 35.5. The minimum absolute atomic E-state index is 0.0419. The number of aromatic nitrogens is 1. The van der Waals surface area contributed by atoms with Crippen molar-refractivity contribution in [3.8, 4) is 5.75 Å². The van der Waals surface area contributed by atoms with E-state index < -0.39 is 27.7 Å². The number of alkyl halides is 3. The molecule has 0 radical (unpaired) electrons. The first-order valence-electron chi connectivity index (χ1n) is 17.0. The maximum atomic E-state index is 14.1. The number of piperazine rings is 1. The number of carbonyl (C=O) groups is 2. The average Bonchev–Trinajstić information content (AvgIpc) is 3.08. The van der Waals surface area contributed by atoms with Crippen LogP contribution in [0.5, 0.6) is 5.75 Å². The number of amides is 1. The number of benzene rings is 2. The molecule has 0 unspecified atom stereocenters. The Morgan fingerprint density at radius 1 is 1.04 bits per heavy atom. The van der Waals surface area contributed by atoms with E-state index >= 15 is 0 Å². The normalized spacial score (nSPS) is 18.8. The van der Waals surface area contributed by atoms with Crippen molar-refractivity contribution in [1.82, 2.24) is 14.6 Å². The number of carboxylic acid groups (broad SMARTS) is 1. The number of aliphatic carboxylic acids is 1. The van der Waals surface area contributed by atoms with Crippen LogP contribution in [0.3, 0.4) is 0 Å². The van der Waals surface area contributed by atoms with Crippen molar-refractivity contribution in [3.63, 3.8) is 0 Å². The third-order valence-corrected chi connectivity index (χ3v) is 12.5. The van der Waals surface area contributed by atoms with E-state index in [9.17, 15) is 26.4 Å². The number of hydrogen-bond acceptors (Lipinski definition) is 8. The number of pyridine rings is 1. The summed E-state index contributed by atoms with van der Waals surface area (Å²) in [5.74, 6) is -2.65. The smallest absolute Gasteiger partial charge is 0.430 e. The molecule has 17 heteroatoms. The number of carbonyl (C=O) groups excluding carboxylic acids is 2. The van der Waals surface area contributed by atoms with Gasteiger partial charge in [-0.15, -0.1) is 0 Å². The maximum Gasteiger partial charge on any atom is 0.430 e. The quantitative estimate of drug-likeness (QED) is 0.340. The minimum atomic E-state index is -5.19. The topological polar surface area (TPSA) is 138 Å². The second-order valence-electron chi connectivity index (χ2n) is 13.5. The fourth-order valence-corrected chi connectivity index (χ4v) is 9.46. The Labute approximate surface area is 310 Å². The van der Waals surface area contributed by atoms with Crippen molar-refractivity contribution in [2.75, 3.05) is 52.5 Å². The molecule has 4 heterocycles. The first kappa shape index (κ1) is 40.0. The lowest BCUT2D eigenvalue weighted by molar-refractivity contribution is -0.935. The molecule has 3 aliphatic rings. The lowest BCUT2D eigenvalue weighted by Gasteiger charge is -2.48. The molecule has 3 saturated heterocycles. The van der Waals surface area contributed by atoms with E-state index in [0.717, 1.165) is 47.3 Å². The van der Waals surface area contributed by atoms with Crippen LogP contribution in [-0.4, -0.2) is 98.9 Å². The summed E-state index contributed by atoms with van der Waals surface area (Å²) in [4.78, 5) is 29.3. The van der Waals surface area contributed by atoms with Crippen LogP contribution >= 0.6 is 23.2 Å². The largest absolute Gasteiger partial charge is 0.542 e. The highest BCUT2D eigenvalue weighted by Crippen LogP contribution is 2.36. The number of sulfonamides is 1. The molecule has 6 rings (SSSR count). The highest BCUT2D eigenvalue weighted by Gasteiger charge is 2.48. The fraction of sp³-hybridized carbons (Fsp3) is 0.514. The van der Waals surface area contributed by atoms with Gasteiger partial charge in [0.15, 0.2) is 0 Å². The van der Waals surface area contributed by atoms with Crippen molar-refractivity contribution < 1.29 is 50.2 Å². The molecule has 3 aliphatic heterocycles. The van der Waals surface area contributed by atoms with Crippen LogP contribution in [-0.2, 0) is 31.0 Å². The van der Waals surface area contributed by atoms with Gasteiger partial charge in [0, 0.05) is 34.9 Å². The van der Waals surface area contributed by atoms with Gasteiger partial charge in [-0.1, -0.05) is 35.3 Å². The van der Waals surface area contributed by atoms with Crippen LogP contribution in [0.15, 0.2) is 41.3 Å². The lowest BCUT2D eigenvalue weighted by atomic mass is 9.89. The number of rotatable bonds is 7. The second-order valence-corrected chi connectivity index (χ2v) is 16.0. The Balaban J connectivity index is 0.000000679. The number of para-hydroxylation sites is 1. The monoisotopic (exact) mass is 788 g/mol. The molecule has 284 valence electrons. The van der Waals surface area contributed by atoms with E-state index in [-0.39, 0.29) is 53.5 Å². The molecular formula is C35H41Cl2F3N4O7S. The second kappa shape index (κ2) is 16.0. The summed E-state index contributed by atoms with van der Waals surface area (Å²) in [5.41, 5.74) is 1.66. The number of fused-ring (bicyclic) bond motifs is 1. The molecule has 3 aromatic rings. The van der Waals surface area contributed by atoms with Gasteiger partial charge in [0.05, 0.1) is 44.3 Å². The number of nitrogens with one attached hydrogen (secondary N) is 1. The Hall–Kier alpha value is -3.21. The number of aryl methyl sites for hydroxylation is 2. The van der Waals surface area contributed by atoms with Crippen molar-refractivity contribution in [3.05, 3.63) is 63.3 Å². The van der Waals surface area contributed by atoms with Crippen molar-refractivity contribution >= 4 is 56.0 Å². The summed E-state index contributed by atoms with van der Waals surface area (Å²) < 4.78 is 75.2. The number of nitrogens with zero attached hydrogens (tertiary/aromatic N) is 3. The number of hydrogen-bond donors (Lipinski definition) is 1. The van der Waals surface area contributed by atoms with Gasteiger partial charge < -0.3 is 28.8 Å². The average molecular weight is 790 g/mol. The van der Waals surface area contributed by atoms with Crippen LogP contribution in [0, 0.1) is 13.8 Å². The highest BCUT2D eigenvalue weighted by molar-refractivity contribution is 7.89. The van der Waals surface area contributed by atoms with Gasteiger partial charge in [-0.2, -0.15) is 17.9 Å². The van der Waals surface area contributed by atoms with E-state index in [4.69, 9.17) is 42.6 Å². The minimum Gasteiger partial charge on any atom is -0.542 e. The number of quaternary nitrogens is 1. The number of carboxylic acids is 1. The van der Waals surface area contributed by atoms with Gasteiger partial charge in [0.25, 0.3) is 0 Å². The standard InChI is InChI=1S/C33H41Cl2N4O5S.C2HF3O2/c1-23-21-24(2)36-31-25(23)7-6-8-28(31)44-22-26-27(34)9-10-29(30(26)35)45(41,42)37-33(11-19-43-20-12-33)32(40)38-13-17-39(18-14-38)15-4-3-5-16-39;3-2(4,5)1(6)7/h6-10,21,37H,3-5,11-20,22H2,1-2H3;(H,6,7)/q+1;/p-1. The van der Waals surface area contributed by atoms with Gasteiger partial charge in [0.2, 0.25) is 15.9 Å². The number of halogens is 5. The van der Waals surface area contributed by atoms with Crippen LogP contribution in [0.1, 0.15) is 48.9 Å². The van der Waals surface area contributed by atoms with Crippen molar-refractivity contribution in [1.29, 1.82) is 0 Å². The van der Waals surface area contributed by atoms with Gasteiger partial charge in [-0.05, 0) is 75.8 Å². The Kier molecular flexibility index (Phi) is 12.3. The molecule has 1 amide bonds. The number of ether oxygens (including phenoxy) is 2. The fourth-order valence-electron chi connectivity index (χ4n) is 7.15. The van der Waals surface area contributed by atoms with Gasteiger partial charge >= 0.3 is 6.18 Å². The molecule has 1 aromatic heterocycles. The molecule has 0 saturated carbocycles. The van der Waals surface area contributed by atoms with Crippen LogP contribution in [0.2, 0.25) is 10.0 Å². The van der Waals surface area contributed by atoms with E-state index in [1.165, 1.54) is 31.4 Å². The molecule has 52 heavy (non-hydrogen) atoms. The summed E-state index contributed by atoms with van der Waals surface area (Å²) in [5, 5.41) is 9.98. The summed E-state index contributed by atoms with van der Waals surface area (Å²) in [6.45, 7) is 9.81. The van der Waals surface area contributed by atoms with E-state index in [1.54, 1.807) is 0 Å². The first-order chi connectivity index (χ1) is 24.5. The summed E-state index contributed by atoms with van der Waals surface area (Å²) in [6, 6.07) is 10.6. The zero-order valence-corrected chi connectivity index (χ0v) is 31.2. The summed E-state index contributed by atoms with van der Waals surface area (Å²) in [7, 11) is -4.24.